The minimum absolute atomic E-state index is 0. The summed E-state index contributed by atoms with van der Waals surface area (Å²) in [6.45, 7) is 16.2. The Hall–Kier alpha value is -7.90. The molecule has 0 fully saturated rings. The fourth-order valence-electron chi connectivity index (χ4n) is 7.11. The molecule has 9 rings (SSSR count). The van der Waals surface area contributed by atoms with E-state index in [2.05, 4.69) is 128 Å². The predicted octanol–water partition coefficient (Wildman–Crippen LogP) is 14.6. The minimum atomic E-state index is 0. The van der Waals surface area contributed by atoms with Crippen LogP contribution in [0.1, 0.15) is 29.5 Å². The molecule has 2 aromatic heterocycles. The molecule has 9 aromatic rings. The first-order valence-electron chi connectivity index (χ1n) is 17.0. The number of benzene rings is 7. The van der Waals surface area contributed by atoms with Gasteiger partial charge in [-0.15, -0.1) is 0 Å². The summed E-state index contributed by atoms with van der Waals surface area (Å²) >= 11 is 0. The van der Waals surface area contributed by atoms with Gasteiger partial charge < -0.3 is 9.13 Å². The number of aryl methyl sites for hydroxylation is 1. The molecule has 0 saturated carbocycles. The fourth-order valence-corrected chi connectivity index (χ4v) is 7.11. The van der Waals surface area contributed by atoms with Crippen molar-refractivity contribution >= 4 is 55.0 Å². The van der Waals surface area contributed by atoms with Crippen molar-refractivity contribution in [3.8, 4) is 34.6 Å². The Morgan fingerprint density at radius 1 is 0.472 bits per heavy atom. The average Bonchev–Trinajstić information content (AvgIpc) is 3.73. The second kappa shape index (κ2) is 13.4. The maximum atomic E-state index is 9.44. The Morgan fingerprint density at radius 3 is 1.49 bits per heavy atom. The monoisotopic (exact) mass is 694 g/mol. The molecule has 6 heteroatoms. The number of para-hydroxylation sites is 3. The quantitative estimate of drug-likeness (QED) is 0.173. The molecule has 0 atom stereocenters. The highest BCUT2D eigenvalue weighted by molar-refractivity contribution is 6.12. The standard InChI is InChI=1S/C38H22N4.C9H6N2.9H2/c1-40-34-23-29(18-15-27(34)24-39)42-36-14-8-6-12-31(36)33-22-26(17-20-38(33)42)25-16-19-37-32(21-25)30-11-5-7-13-35(30)41(37)28-9-3-2-4-10-28;1-7-3-4-8(6-10)9(5-7)11-2;;;;;;;;;/h2-23H;3-5H,1H3;9*1H. The molecule has 0 radical (unpaired) electrons. The van der Waals surface area contributed by atoms with Gasteiger partial charge in [-0.1, -0.05) is 96.6 Å². The molecule has 7 aromatic carbocycles. The molecule has 2 heterocycles. The van der Waals surface area contributed by atoms with Crippen molar-refractivity contribution in [3.05, 3.63) is 191 Å². The van der Waals surface area contributed by atoms with Gasteiger partial charge in [-0.25, -0.2) is 9.69 Å². The van der Waals surface area contributed by atoms with Crippen LogP contribution in [0.15, 0.2) is 152 Å². The van der Waals surface area contributed by atoms with E-state index in [9.17, 15) is 5.26 Å². The summed E-state index contributed by atoms with van der Waals surface area (Å²) in [7, 11) is 0. The molecule has 264 valence electrons. The van der Waals surface area contributed by atoms with Crippen molar-refractivity contribution in [1.29, 1.82) is 10.5 Å². The van der Waals surface area contributed by atoms with Gasteiger partial charge in [0.15, 0.2) is 0 Å². The van der Waals surface area contributed by atoms with Gasteiger partial charge in [0.1, 0.15) is 0 Å². The zero-order valence-corrected chi connectivity index (χ0v) is 28.6. The Labute approximate surface area is 319 Å². The highest BCUT2D eigenvalue weighted by Crippen LogP contribution is 2.38. The van der Waals surface area contributed by atoms with E-state index in [-0.39, 0.29) is 12.8 Å². The first-order valence-corrected chi connectivity index (χ1v) is 17.0. The first-order chi connectivity index (χ1) is 26.0. The molecule has 0 spiro atoms. The van der Waals surface area contributed by atoms with Crippen LogP contribution in [0, 0.1) is 42.7 Å². The van der Waals surface area contributed by atoms with Gasteiger partial charge in [0.2, 0.25) is 11.4 Å². The molecule has 0 amide bonds. The van der Waals surface area contributed by atoms with Gasteiger partial charge in [-0.05, 0) is 78.7 Å². The number of fused-ring (bicyclic) bond motifs is 6. The maximum Gasteiger partial charge on any atom is 0.206 e. The van der Waals surface area contributed by atoms with Crippen LogP contribution < -0.4 is 0 Å². The second-order valence-corrected chi connectivity index (χ2v) is 12.7. The normalized spacial score (nSPS) is 10.7. The topological polar surface area (TPSA) is 66.2 Å². The Kier molecular flexibility index (Phi) is 8.19. The van der Waals surface area contributed by atoms with Gasteiger partial charge in [0, 0.05) is 45.8 Å². The van der Waals surface area contributed by atoms with Crippen LogP contribution in [0.25, 0.3) is 75.8 Å². The smallest absolute Gasteiger partial charge is 0.206 e. The maximum absolute atomic E-state index is 9.44. The minimum Gasteiger partial charge on any atom is -0.311 e. The molecular weight excluding hydrogens is 649 g/mol. The Bertz CT molecular complexity index is 3100. The molecule has 0 saturated heterocycles. The van der Waals surface area contributed by atoms with Gasteiger partial charge in [-0.2, -0.15) is 10.5 Å². The fraction of sp³-hybridized carbons (Fsp3) is 0.0213. The van der Waals surface area contributed by atoms with Crippen LogP contribution in [0.2, 0.25) is 0 Å². The molecule has 0 unspecified atom stereocenters. The van der Waals surface area contributed by atoms with Crippen LogP contribution in [0.5, 0.6) is 0 Å². The Morgan fingerprint density at radius 2 is 0.943 bits per heavy atom. The van der Waals surface area contributed by atoms with Gasteiger partial charge in [0.25, 0.3) is 0 Å². The van der Waals surface area contributed by atoms with E-state index >= 15 is 0 Å². The van der Waals surface area contributed by atoms with Gasteiger partial charge in [0.05, 0.1) is 58.5 Å². The van der Waals surface area contributed by atoms with Crippen molar-refractivity contribution in [2.75, 3.05) is 0 Å². The Balaban J connectivity index is 0. The van der Waals surface area contributed by atoms with Crippen molar-refractivity contribution < 1.29 is 12.8 Å². The largest absolute Gasteiger partial charge is 0.311 e. The summed E-state index contributed by atoms with van der Waals surface area (Å²) in [5.74, 6) is 0. The lowest BCUT2D eigenvalue weighted by atomic mass is 10.0. The molecule has 53 heavy (non-hydrogen) atoms. The van der Waals surface area contributed by atoms with E-state index in [1.54, 1.807) is 18.2 Å². The molecule has 0 aliphatic rings. The highest BCUT2D eigenvalue weighted by Gasteiger charge is 2.16. The van der Waals surface area contributed by atoms with Crippen LogP contribution in [-0.2, 0) is 0 Å². The van der Waals surface area contributed by atoms with Crippen LogP contribution in [0.4, 0.5) is 11.4 Å². The van der Waals surface area contributed by atoms with E-state index in [0.29, 0.717) is 22.5 Å². The number of rotatable bonds is 3. The number of nitriles is 2. The van der Waals surface area contributed by atoms with Crippen LogP contribution in [-0.4, -0.2) is 9.13 Å². The number of nitrogens with zero attached hydrogens (tertiary/aromatic N) is 6. The summed E-state index contributed by atoms with van der Waals surface area (Å²) in [6.07, 6.45) is 0. The summed E-state index contributed by atoms with van der Waals surface area (Å²) in [4.78, 5) is 6.84. The van der Waals surface area contributed by atoms with Crippen molar-refractivity contribution in [1.82, 2.24) is 9.13 Å². The lowest BCUT2D eigenvalue weighted by molar-refractivity contribution is 1.18. The lowest BCUT2D eigenvalue weighted by Crippen LogP contribution is -1.94. The third kappa shape index (κ3) is 5.60. The highest BCUT2D eigenvalue weighted by atomic mass is 15.0. The molecular formula is C47H46N6. The molecule has 0 aliphatic carbocycles. The summed E-state index contributed by atoms with van der Waals surface area (Å²) in [5, 5.41) is 22.7. The van der Waals surface area contributed by atoms with Gasteiger partial charge in [-0.3, -0.25) is 0 Å². The zero-order chi connectivity index (χ0) is 36.5. The summed E-state index contributed by atoms with van der Waals surface area (Å²) < 4.78 is 4.52. The van der Waals surface area contributed by atoms with E-state index in [1.807, 2.05) is 43.3 Å². The van der Waals surface area contributed by atoms with Crippen LogP contribution in [0.3, 0.4) is 0 Å². The average molecular weight is 695 g/mol. The molecule has 0 bridgehead atoms. The molecule has 0 N–H and O–H groups in total. The summed E-state index contributed by atoms with van der Waals surface area (Å²) in [6, 6.07) is 55.6. The second-order valence-electron chi connectivity index (χ2n) is 12.7. The van der Waals surface area contributed by atoms with Crippen molar-refractivity contribution in [2.24, 2.45) is 0 Å². The van der Waals surface area contributed by atoms with Crippen LogP contribution >= 0.6 is 0 Å². The third-order valence-electron chi connectivity index (χ3n) is 9.57. The van der Waals surface area contributed by atoms with Crippen molar-refractivity contribution in [3.63, 3.8) is 0 Å². The third-order valence-corrected chi connectivity index (χ3v) is 9.57. The molecule has 6 nitrogen and oxygen atoms in total. The summed E-state index contributed by atoms with van der Waals surface area (Å²) in [5.41, 5.74) is 11.5. The lowest BCUT2D eigenvalue weighted by Gasteiger charge is -2.10. The van der Waals surface area contributed by atoms with E-state index < -0.39 is 0 Å². The SMILES string of the molecule is [C-]#[N+]c1cc(-n2c3ccccc3c3cc(-c4ccc5c(c4)c4ccccc4n5-c4ccccc4)ccc32)ccc1C#N.[C-]#[N+]c1cc(C)ccc1C#N.[HH].[HH].[HH].[HH].[HH].[HH].[HH].[HH].[HH]. The number of hydrogen-bond acceptors (Lipinski definition) is 2. The van der Waals surface area contributed by atoms with E-state index in [4.69, 9.17) is 18.4 Å². The zero-order valence-electron chi connectivity index (χ0n) is 28.6. The molecule has 0 aliphatic heterocycles. The van der Waals surface area contributed by atoms with E-state index in [0.717, 1.165) is 49.9 Å². The number of aromatic nitrogens is 2. The van der Waals surface area contributed by atoms with E-state index in [1.165, 1.54) is 21.8 Å². The number of hydrogen-bond donors (Lipinski definition) is 0. The van der Waals surface area contributed by atoms with Gasteiger partial charge >= 0.3 is 0 Å². The predicted molar refractivity (Wildman–Crippen MR) is 233 cm³/mol. The first kappa shape index (κ1) is 32.3. The van der Waals surface area contributed by atoms with Crippen molar-refractivity contribution in [2.45, 2.75) is 6.92 Å².